The molecule has 0 aliphatic heterocycles. The lowest BCUT2D eigenvalue weighted by Crippen LogP contribution is -2.42. The average Bonchev–Trinajstić information content (AvgIpc) is 2.27. The van der Waals surface area contributed by atoms with Gasteiger partial charge < -0.3 is 14.8 Å². The van der Waals surface area contributed by atoms with Gasteiger partial charge in [-0.2, -0.15) is 0 Å². The Morgan fingerprint density at radius 1 is 1.33 bits per heavy atom. The van der Waals surface area contributed by atoms with Crippen LogP contribution >= 0.6 is 0 Å². The van der Waals surface area contributed by atoms with Gasteiger partial charge in [-0.05, 0) is 6.42 Å². The number of carbonyl (C=O) groups is 2. The van der Waals surface area contributed by atoms with Crippen LogP contribution in [0.4, 0.5) is 4.79 Å². The third-order valence-electron chi connectivity index (χ3n) is 2.11. The molecule has 18 heavy (non-hydrogen) atoms. The van der Waals surface area contributed by atoms with Crippen molar-refractivity contribution in [3.63, 3.8) is 0 Å². The number of esters is 1. The van der Waals surface area contributed by atoms with Crippen LogP contribution in [-0.2, 0) is 24.1 Å². The van der Waals surface area contributed by atoms with Gasteiger partial charge in [0.25, 0.3) is 0 Å². The number of amides is 1. The molecule has 8 heteroatoms. The minimum Gasteiger partial charge on any atom is -0.469 e. The lowest BCUT2D eigenvalue weighted by Gasteiger charge is -2.15. The molecule has 0 fully saturated rings. The largest absolute Gasteiger partial charge is 0.469 e. The number of sulfone groups is 1. The van der Waals surface area contributed by atoms with Crippen LogP contribution in [-0.4, -0.2) is 45.8 Å². The molecule has 0 aromatic carbocycles. The fourth-order valence-electron chi connectivity index (χ4n) is 1.03. The zero-order chi connectivity index (χ0) is 14.2. The molecule has 106 valence electrons. The second kappa shape index (κ2) is 7.91. The Kier molecular flexibility index (Phi) is 7.33. The first-order valence-corrected chi connectivity index (χ1v) is 7.45. The van der Waals surface area contributed by atoms with E-state index in [4.69, 9.17) is 4.74 Å². The van der Waals surface area contributed by atoms with Crippen LogP contribution in [0.1, 0.15) is 26.2 Å². The molecule has 0 bridgehead atoms. The number of carbonyl (C=O) groups excluding carboxylic acids is 2. The molecule has 0 spiro atoms. The van der Waals surface area contributed by atoms with Crippen LogP contribution in [0, 0.1) is 0 Å². The molecule has 1 atom stereocenters. The molecule has 1 unspecified atom stereocenters. The monoisotopic (exact) mass is 281 g/mol. The van der Waals surface area contributed by atoms with E-state index < -0.39 is 33.7 Å². The molecule has 0 aliphatic rings. The molecule has 7 nitrogen and oxygen atoms in total. The maximum atomic E-state index is 11.4. The van der Waals surface area contributed by atoms with Crippen molar-refractivity contribution in [3.8, 4) is 0 Å². The summed E-state index contributed by atoms with van der Waals surface area (Å²) < 4.78 is 31.9. The minimum atomic E-state index is -3.61. The van der Waals surface area contributed by atoms with E-state index >= 15 is 0 Å². The Morgan fingerprint density at radius 3 is 2.39 bits per heavy atom. The lowest BCUT2D eigenvalue weighted by molar-refractivity contribution is -0.140. The highest BCUT2D eigenvalue weighted by molar-refractivity contribution is 7.91. The molecule has 0 radical (unpaired) electrons. The van der Waals surface area contributed by atoms with Crippen LogP contribution in [0.25, 0.3) is 0 Å². The van der Waals surface area contributed by atoms with E-state index in [-0.39, 0.29) is 6.61 Å². The third kappa shape index (κ3) is 7.10. The zero-order valence-electron chi connectivity index (χ0n) is 10.8. The maximum Gasteiger partial charge on any atom is 0.408 e. The molecule has 1 amide bonds. The zero-order valence-corrected chi connectivity index (χ0v) is 11.6. The van der Waals surface area contributed by atoms with Gasteiger partial charge in [0.2, 0.25) is 0 Å². The molecule has 0 saturated heterocycles. The molecule has 0 aromatic rings. The number of hydrogen-bond donors (Lipinski definition) is 1. The van der Waals surface area contributed by atoms with E-state index in [0.29, 0.717) is 6.42 Å². The van der Waals surface area contributed by atoms with E-state index in [1.165, 1.54) is 0 Å². The topological polar surface area (TPSA) is 98.8 Å². The van der Waals surface area contributed by atoms with Gasteiger partial charge >= 0.3 is 12.1 Å². The maximum absolute atomic E-state index is 11.4. The summed E-state index contributed by atoms with van der Waals surface area (Å²) in [6.45, 7) is 2.13. The molecule has 0 aromatic heterocycles. The Bertz CT molecular complexity index is 378. The minimum absolute atomic E-state index is 0.205. The molecular formula is C10H19NO6S. The van der Waals surface area contributed by atoms with Crippen molar-refractivity contribution in [1.29, 1.82) is 0 Å². The summed E-state index contributed by atoms with van der Waals surface area (Å²) in [5, 5.41) is 0.797. The Hall–Kier alpha value is -1.31. The molecule has 0 rings (SSSR count). The van der Waals surface area contributed by atoms with Gasteiger partial charge in [-0.1, -0.05) is 13.3 Å². The summed E-state index contributed by atoms with van der Waals surface area (Å²) in [5.74, 6) is -0.723. The van der Waals surface area contributed by atoms with Crippen molar-refractivity contribution in [2.45, 2.75) is 31.6 Å². The van der Waals surface area contributed by atoms with E-state index in [9.17, 15) is 18.0 Å². The van der Waals surface area contributed by atoms with Gasteiger partial charge in [0.15, 0.2) is 9.84 Å². The first-order chi connectivity index (χ1) is 8.31. The quantitative estimate of drug-likeness (QED) is 0.537. The molecule has 0 aliphatic carbocycles. The Balaban J connectivity index is 4.42. The summed E-state index contributed by atoms with van der Waals surface area (Å²) in [6, 6.07) is 0. The van der Waals surface area contributed by atoms with Crippen molar-refractivity contribution >= 4 is 21.9 Å². The van der Waals surface area contributed by atoms with Gasteiger partial charge in [0.1, 0.15) is 5.37 Å². The summed E-state index contributed by atoms with van der Waals surface area (Å²) >= 11 is 0. The van der Waals surface area contributed by atoms with E-state index in [0.717, 1.165) is 19.8 Å². The van der Waals surface area contributed by atoms with Crippen LogP contribution in [0.5, 0.6) is 0 Å². The number of unbranched alkanes of at least 4 members (excludes halogenated alkanes) is 1. The number of methoxy groups -OCH3 is 1. The van der Waals surface area contributed by atoms with Crippen molar-refractivity contribution in [2.24, 2.45) is 0 Å². The number of ether oxygens (including phenoxy) is 2. The summed E-state index contributed by atoms with van der Waals surface area (Å²) in [5.41, 5.74) is 0. The van der Waals surface area contributed by atoms with Crippen LogP contribution in [0.2, 0.25) is 0 Å². The highest BCUT2D eigenvalue weighted by Crippen LogP contribution is 2.03. The highest BCUT2D eigenvalue weighted by atomic mass is 32.2. The lowest BCUT2D eigenvalue weighted by atomic mass is 10.4. The standard InChI is InChI=1S/C10H19NO6S/c1-4-5-6-17-10(13)11-8(18(3,14)15)7-9(12)16-2/h8H,4-7H2,1-3H3,(H,11,13). The predicted molar refractivity (Wildman–Crippen MR) is 64.7 cm³/mol. The number of nitrogens with one attached hydrogen (secondary N) is 1. The van der Waals surface area contributed by atoms with Gasteiger partial charge in [-0.15, -0.1) is 0 Å². The fraction of sp³-hybridized carbons (Fsp3) is 0.800. The average molecular weight is 281 g/mol. The van der Waals surface area contributed by atoms with E-state index in [1.54, 1.807) is 0 Å². The van der Waals surface area contributed by atoms with Crippen molar-refractivity contribution in [1.82, 2.24) is 5.32 Å². The third-order valence-corrected chi connectivity index (χ3v) is 3.42. The van der Waals surface area contributed by atoms with E-state index in [2.05, 4.69) is 10.1 Å². The molecule has 0 saturated carbocycles. The fourth-order valence-corrected chi connectivity index (χ4v) is 1.78. The van der Waals surface area contributed by atoms with Gasteiger partial charge in [-0.3, -0.25) is 4.79 Å². The second-order valence-corrected chi connectivity index (χ2v) is 5.96. The van der Waals surface area contributed by atoms with Crippen molar-refractivity contribution in [2.75, 3.05) is 20.0 Å². The van der Waals surface area contributed by atoms with Gasteiger partial charge in [0.05, 0.1) is 20.1 Å². The van der Waals surface area contributed by atoms with E-state index in [1.807, 2.05) is 6.92 Å². The van der Waals surface area contributed by atoms with Crippen molar-refractivity contribution < 1.29 is 27.5 Å². The summed E-state index contributed by atoms with van der Waals surface area (Å²) in [6.07, 6.45) is 1.16. The SMILES string of the molecule is CCCCOC(=O)NC(CC(=O)OC)S(C)(=O)=O. The number of rotatable bonds is 7. The Morgan fingerprint density at radius 2 is 1.94 bits per heavy atom. The summed E-state index contributed by atoms with van der Waals surface area (Å²) in [4.78, 5) is 22.3. The van der Waals surface area contributed by atoms with Crippen LogP contribution in [0.3, 0.4) is 0 Å². The summed E-state index contributed by atoms with van der Waals surface area (Å²) in [7, 11) is -2.47. The normalized spacial score (nSPS) is 12.6. The number of hydrogen-bond acceptors (Lipinski definition) is 6. The first kappa shape index (κ1) is 16.7. The predicted octanol–water partition coefficient (Wildman–Crippen LogP) is 0.447. The van der Waals surface area contributed by atoms with Crippen LogP contribution in [0.15, 0.2) is 0 Å². The Labute approximate surface area is 107 Å². The smallest absolute Gasteiger partial charge is 0.408 e. The highest BCUT2D eigenvalue weighted by Gasteiger charge is 2.26. The van der Waals surface area contributed by atoms with Gasteiger partial charge in [-0.25, -0.2) is 13.2 Å². The molecule has 1 N–H and O–H groups in total. The van der Waals surface area contributed by atoms with Crippen LogP contribution < -0.4 is 5.32 Å². The molecule has 0 heterocycles. The van der Waals surface area contributed by atoms with Gasteiger partial charge in [0, 0.05) is 6.26 Å². The number of alkyl carbamates (subject to hydrolysis) is 1. The first-order valence-electron chi connectivity index (χ1n) is 5.50. The molecular weight excluding hydrogens is 262 g/mol. The second-order valence-electron chi connectivity index (χ2n) is 3.73. The van der Waals surface area contributed by atoms with Crippen molar-refractivity contribution in [3.05, 3.63) is 0 Å².